The third kappa shape index (κ3) is 2.19. The zero-order chi connectivity index (χ0) is 12.5. The van der Waals surface area contributed by atoms with Gasteiger partial charge in [0.2, 0.25) is 0 Å². The van der Waals surface area contributed by atoms with Crippen molar-refractivity contribution in [3.05, 3.63) is 35.4 Å². The van der Waals surface area contributed by atoms with Crippen molar-refractivity contribution in [2.24, 2.45) is 0 Å². The molecule has 2 rings (SSSR count). The first-order valence-corrected chi connectivity index (χ1v) is 5.84. The van der Waals surface area contributed by atoms with Crippen LogP contribution in [0.5, 0.6) is 0 Å². The van der Waals surface area contributed by atoms with Gasteiger partial charge in [0, 0.05) is 20.2 Å². The summed E-state index contributed by atoms with van der Waals surface area (Å²) >= 11 is 0. The monoisotopic (exact) mass is 241 g/mol. The standard InChI is InChI=1S/C13H17F2NO/c1-3-16-7-6-13(9-16,17-2)10-4-5-11(14)12(15)8-10/h4-5,8H,3,6-7,9H2,1-2H3. The number of rotatable bonds is 3. The SMILES string of the molecule is CCN1CCC(OC)(c2ccc(F)c(F)c2)C1. The molecule has 2 nitrogen and oxygen atoms in total. The van der Waals surface area contributed by atoms with E-state index < -0.39 is 17.2 Å². The van der Waals surface area contributed by atoms with Crippen LogP contribution in [0.25, 0.3) is 0 Å². The Bertz CT molecular complexity index is 410. The Morgan fingerprint density at radius 1 is 1.35 bits per heavy atom. The predicted octanol–water partition coefficient (Wildman–Crippen LogP) is 2.53. The maximum absolute atomic E-state index is 13.3. The zero-order valence-corrected chi connectivity index (χ0v) is 10.2. The van der Waals surface area contributed by atoms with Gasteiger partial charge in [0.1, 0.15) is 5.60 Å². The van der Waals surface area contributed by atoms with E-state index >= 15 is 0 Å². The molecule has 1 aliphatic rings. The van der Waals surface area contributed by atoms with Crippen molar-refractivity contribution >= 4 is 0 Å². The van der Waals surface area contributed by atoms with Gasteiger partial charge in [0.05, 0.1) is 0 Å². The molecule has 0 aromatic heterocycles. The van der Waals surface area contributed by atoms with E-state index in [9.17, 15) is 8.78 Å². The topological polar surface area (TPSA) is 12.5 Å². The second kappa shape index (κ2) is 4.70. The number of hydrogen-bond donors (Lipinski definition) is 0. The maximum atomic E-state index is 13.3. The largest absolute Gasteiger partial charge is 0.372 e. The van der Waals surface area contributed by atoms with E-state index in [-0.39, 0.29) is 0 Å². The van der Waals surface area contributed by atoms with Crippen molar-refractivity contribution in [1.29, 1.82) is 0 Å². The summed E-state index contributed by atoms with van der Waals surface area (Å²) in [5.41, 5.74) is 0.222. The maximum Gasteiger partial charge on any atom is 0.159 e. The van der Waals surface area contributed by atoms with Crippen LogP contribution in [-0.4, -0.2) is 31.6 Å². The highest BCUT2D eigenvalue weighted by Crippen LogP contribution is 2.35. The van der Waals surface area contributed by atoms with Gasteiger partial charge >= 0.3 is 0 Å². The van der Waals surface area contributed by atoms with Crippen molar-refractivity contribution in [2.75, 3.05) is 26.7 Å². The van der Waals surface area contributed by atoms with Crippen LogP contribution in [0.3, 0.4) is 0 Å². The lowest BCUT2D eigenvalue weighted by molar-refractivity contribution is -0.00574. The molecule has 1 heterocycles. The zero-order valence-electron chi connectivity index (χ0n) is 10.2. The van der Waals surface area contributed by atoms with Crippen LogP contribution in [0.4, 0.5) is 8.78 Å². The molecule has 17 heavy (non-hydrogen) atoms. The van der Waals surface area contributed by atoms with Gasteiger partial charge < -0.3 is 9.64 Å². The van der Waals surface area contributed by atoms with E-state index in [1.54, 1.807) is 13.2 Å². The molecule has 0 saturated carbocycles. The summed E-state index contributed by atoms with van der Waals surface area (Å²) in [7, 11) is 1.63. The number of methoxy groups -OCH3 is 1. The van der Waals surface area contributed by atoms with Crippen molar-refractivity contribution in [3.8, 4) is 0 Å². The molecule has 1 aliphatic heterocycles. The van der Waals surface area contributed by atoms with Crippen molar-refractivity contribution in [3.63, 3.8) is 0 Å². The van der Waals surface area contributed by atoms with Crippen molar-refractivity contribution in [1.82, 2.24) is 4.90 Å². The molecule has 4 heteroatoms. The average Bonchev–Trinajstić information content (AvgIpc) is 2.77. The summed E-state index contributed by atoms with van der Waals surface area (Å²) in [5, 5.41) is 0. The number of ether oxygens (including phenoxy) is 1. The fourth-order valence-corrected chi connectivity index (χ4v) is 2.43. The van der Waals surface area contributed by atoms with Gasteiger partial charge in [-0.05, 0) is 30.7 Å². The number of nitrogens with zero attached hydrogens (tertiary/aromatic N) is 1. The lowest BCUT2D eigenvalue weighted by atomic mass is 9.92. The summed E-state index contributed by atoms with van der Waals surface area (Å²) in [6.07, 6.45) is 0.808. The Kier molecular flexibility index (Phi) is 3.45. The third-order valence-corrected chi connectivity index (χ3v) is 3.59. The molecule has 1 aromatic rings. The van der Waals surface area contributed by atoms with E-state index in [0.29, 0.717) is 0 Å². The molecule has 0 amide bonds. The smallest absolute Gasteiger partial charge is 0.159 e. The molecular weight excluding hydrogens is 224 g/mol. The predicted molar refractivity (Wildman–Crippen MR) is 61.8 cm³/mol. The summed E-state index contributed by atoms with van der Waals surface area (Å²) in [4.78, 5) is 2.24. The van der Waals surface area contributed by atoms with Crippen molar-refractivity contribution < 1.29 is 13.5 Å². The Morgan fingerprint density at radius 3 is 2.65 bits per heavy atom. The molecular formula is C13H17F2NO. The van der Waals surface area contributed by atoms with Gasteiger partial charge in [-0.25, -0.2) is 8.78 Å². The summed E-state index contributed by atoms with van der Waals surface area (Å²) in [6, 6.07) is 4.03. The molecule has 1 atom stereocenters. The number of hydrogen-bond acceptors (Lipinski definition) is 2. The molecule has 0 bridgehead atoms. The Labute approximate surface area is 100 Å². The number of benzene rings is 1. The highest BCUT2D eigenvalue weighted by Gasteiger charge is 2.39. The Balaban J connectivity index is 2.32. The van der Waals surface area contributed by atoms with Crippen LogP contribution < -0.4 is 0 Å². The second-order valence-corrected chi connectivity index (χ2v) is 4.45. The normalized spacial score (nSPS) is 25.4. The second-order valence-electron chi connectivity index (χ2n) is 4.45. The van der Waals surface area contributed by atoms with Gasteiger partial charge in [-0.15, -0.1) is 0 Å². The lowest BCUT2D eigenvalue weighted by Crippen LogP contribution is -2.33. The first-order valence-electron chi connectivity index (χ1n) is 5.84. The first-order chi connectivity index (χ1) is 8.11. The minimum Gasteiger partial charge on any atom is -0.372 e. The van der Waals surface area contributed by atoms with Gasteiger partial charge in [-0.2, -0.15) is 0 Å². The summed E-state index contributed by atoms with van der Waals surface area (Å²) in [6.45, 7) is 4.67. The summed E-state index contributed by atoms with van der Waals surface area (Å²) < 4.78 is 31.8. The molecule has 0 spiro atoms. The molecule has 0 aliphatic carbocycles. The van der Waals surface area contributed by atoms with Crippen LogP contribution in [-0.2, 0) is 10.3 Å². The molecule has 1 fully saturated rings. The first kappa shape index (κ1) is 12.5. The summed E-state index contributed by atoms with van der Waals surface area (Å²) in [5.74, 6) is -1.63. The minimum absolute atomic E-state index is 0.495. The molecule has 0 N–H and O–H groups in total. The molecule has 1 aromatic carbocycles. The molecule has 1 unspecified atom stereocenters. The molecule has 94 valence electrons. The fourth-order valence-electron chi connectivity index (χ4n) is 2.43. The average molecular weight is 241 g/mol. The molecule has 1 saturated heterocycles. The quantitative estimate of drug-likeness (QED) is 0.806. The number of halogens is 2. The van der Waals surface area contributed by atoms with E-state index in [1.807, 2.05) is 0 Å². The van der Waals surface area contributed by atoms with Crippen LogP contribution in [0.15, 0.2) is 18.2 Å². The van der Waals surface area contributed by atoms with E-state index in [4.69, 9.17) is 4.74 Å². The van der Waals surface area contributed by atoms with Gasteiger partial charge in [0.25, 0.3) is 0 Å². The van der Waals surface area contributed by atoms with Crippen LogP contribution >= 0.6 is 0 Å². The van der Waals surface area contributed by atoms with Crippen LogP contribution in [0.1, 0.15) is 18.9 Å². The van der Waals surface area contributed by atoms with Gasteiger partial charge in [-0.3, -0.25) is 0 Å². The highest BCUT2D eigenvalue weighted by molar-refractivity contribution is 5.26. The number of likely N-dealkylation sites (N-methyl/N-ethyl adjacent to an activating group) is 1. The van der Waals surface area contributed by atoms with E-state index in [1.165, 1.54) is 12.1 Å². The Hall–Kier alpha value is -1.00. The number of likely N-dealkylation sites (tertiary alicyclic amines) is 1. The van der Waals surface area contributed by atoms with Crippen LogP contribution in [0, 0.1) is 11.6 Å². The van der Waals surface area contributed by atoms with Crippen LogP contribution in [0.2, 0.25) is 0 Å². The highest BCUT2D eigenvalue weighted by atomic mass is 19.2. The minimum atomic E-state index is -0.814. The third-order valence-electron chi connectivity index (χ3n) is 3.59. The van der Waals surface area contributed by atoms with E-state index in [0.717, 1.165) is 31.6 Å². The van der Waals surface area contributed by atoms with Crippen molar-refractivity contribution in [2.45, 2.75) is 18.9 Å². The molecule has 0 radical (unpaired) electrons. The van der Waals surface area contributed by atoms with Gasteiger partial charge in [0.15, 0.2) is 11.6 Å². The lowest BCUT2D eigenvalue weighted by Gasteiger charge is -2.28. The fraction of sp³-hybridized carbons (Fsp3) is 0.538. The Morgan fingerprint density at radius 2 is 2.12 bits per heavy atom. The van der Waals surface area contributed by atoms with E-state index in [2.05, 4.69) is 11.8 Å². The van der Waals surface area contributed by atoms with Gasteiger partial charge in [-0.1, -0.05) is 13.0 Å².